The fourth-order valence-electron chi connectivity index (χ4n) is 4.47. The van der Waals surface area contributed by atoms with E-state index in [9.17, 15) is 9.59 Å². The summed E-state index contributed by atoms with van der Waals surface area (Å²) in [5.41, 5.74) is 4.59. The average Bonchev–Trinajstić information content (AvgIpc) is 3.45. The Balaban J connectivity index is 1.59. The zero-order valence-electron chi connectivity index (χ0n) is 20.1. The molecular formula is C25H32N6O3. The number of nitrogens with one attached hydrogen (secondary N) is 3. The minimum Gasteiger partial charge on any atom is -0.383 e. The van der Waals surface area contributed by atoms with E-state index < -0.39 is 0 Å². The lowest BCUT2D eigenvalue weighted by Crippen LogP contribution is -2.35. The Hall–Kier alpha value is -3.46. The lowest BCUT2D eigenvalue weighted by molar-refractivity contribution is -0.119. The molecule has 0 spiro atoms. The summed E-state index contributed by atoms with van der Waals surface area (Å²) in [5.74, 6) is 0.571. The normalized spacial score (nSPS) is 14.8. The quantitative estimate of drug-likeness (QED) is 0.465. The van der Waals surface area contributed by atoms with Crippen molar-refractivity contribution in [2.24, 2.45) is 5.92 Å². The summed E-state index contributed by atoms with van der Waals surface area (Å²) in [5, 5.41) is 13.7. The molecule has 3 aromatic rings. The molecule has 2 aromatic heterocycles. The number of rotatable bonds is 8. The van der Waals surface area contributed by atoms with Crippen LogP contribution in [0.2, 0.25) is 0 Å². The monoisotopic (exact) mass is 464 g/mol. The number of aromatic nitrogens is 3. The van der Waals surface area contributed by atoms with Gasteiger partial charge in [-0.3, -0.25) is 9.59 Å². The van der Waals surface area contributed by atoms with Gasteiger partial charge in [-0.25, -0.2) is 9.50 Å². The zero-order valence-corrected chi connectivity index (χ0v) is 20.1. The molecule has 34 heavy (non-hydrogen) atoms. The van der Waals surface area contributed by atoms with E-state index in [4.69, 9.17) is 4.74 Å². The van der Waals surface area contributed by atoms with Crippen LogP contribution in [0.4, 0.5) is 17.2 Å². The largest absolute Gasteiger partial charge is 0.383 e. The third-order valence-electron chi connectivity index (χ3n) is 6.35. The molecule has 4 rings (SSSR count). The van der Waals surface area contributed by atoms with E-state index in [0.29, 0.717) is 23.5 Å². The van der Waals surface area contributed by atoms with Crippen LogP contribution in [-0.4, -0.2) is 46.2 Å². The number of carbonyl (C=O) groups is 2. The highest BCUT2D eigenvalue weighted by atomic mass is 16.5. The van der Waals surface area contributed by atoms with Gasteiger partial charge < -0.3 is 20.7 Å². The van der Waals surface area contributed by atoms with E-state index in [2.05, 4.69) is 26.0 Å². The average molecular weight is 465 g/mol. The third-order valence-corrected chi connectivity index (χ3v) is 6.35. The highest BCUT2D eigenvalue weighted by Gasteiger charge is 2.23. The molecule has 1 saturated carbocycles. The summed E-state index contributed by atoms with van der Waals surface area (Å²) in [6, 6.07) is 5.67. The highest BCUT2D eigenvalue weighted by molar-refractivity contribution is 5.99. The van der Waals surface area contributed by atoms with E-state index in [1.54, 1.807) is 17.8 Å². The van der Waals surface area contributed by atoms with Crippen LogP contribution in [0.3, 0.4) is 0 Å². The van der Waals surface area contributed by atoms with Crippen molar-refractivity contribution in [2.45, 2.75) is 52.5 Å². The summed E-state index contributed by atoms with van der Waals surface area (Å²) in [6.45, 7) is 6.19. The molecule has 3 N–H and O–H groups in total. The van der Waals surface area contributed by atoms with Crippen molar-refractivity contribution in [1.82, 2.24) is 19.9 Å². The minimum atomic E-state index is -0.189. The van der Waals surface area contributed by atoms with Crippen LogP contribution < -0.4 is 16.0 Å². The number of amides is 2. The molecule has 1 fully saturated rings. The molecule has 2 heterocycles. The van der Waals surface area contributed by atoms with E-state index in [1.165, 1.54) is 6.33 Å². The number of benzene rings is 1. The molecule has 9 heteroatoms. The minimum absolute atomic E-state index is 0.0810. The number of methoxy groups -OCH3 is 1. The van der Waals surface area contributed by atoms with Crippen LogP contribution in [0, 0.1) is 19.8 Å². The lowest BCUT2D eigenvalue weighted by Gasteiger charge is -2.14. The van der Waals surface area contributed by atoms with Gasteiger partial charge in [0.2, 0.25) is 5.91 Å². The zero-order chi connectivity index (χ0) is 24.2. The van der Waals surface area contributed by atoms with Gasteiger partial charge in [-0.15, -0.1) is 0 Å². The predicted octanol–water partition coefficient (Wildman–Crippen LogP) is 3.98. The standard InChI is InChI=1S/C25H32N6O3/c1-15-9-10-19(29-24(32)18-7-5-6-8-18)11-21(15)30-23-22-17(3)20(12-31(22)27-14-26-23)25(33)28-16(2)13-34-4/h9-12,14,16,18H,5-8,13H2,1-4H3,(H,28,33)(H,29,32)(H,26,27,30)/t16-/m0/s1. The molecule has 1 atom stereocenters. The Kier molecular flexibility index (Phi) is 7.12. The first-order chi connectivity index (χ1) is 16.4. The first-order valence-electron chi connectivity index (χ1n) is 11.7. The van der Waals surface area contributed by atoms with Crippen LogP contribution in [0.25, 0.3) is 5.52 Å². The first-order valence-corrected chi connectivity index (χ1v) is 11.7. The van der Waals surface area contributed by atoms with Gasteiger partial charge in [-0.1, -0.05) is 18.9 Å². The second kappa shape index (κ2) is 10.2. The fourth-order valence-corrected chi connectivity index (χ4v) is 4.47. The maximum absolute atomic E-state index is 12.8. The van der Waals surface area contributed by atoms with Crippen molar-refractivity contribution < 1.29 is 14.3 Å². The molecule has 0 saturated heterocycles. The number of ether oxygens (including phenoxy) is 1. The Morgan fingerprint density at radius 1 is 1.24 bits per heavy atom. The molecule has 180 valence electrons. The van der Waals surface area contributed by atoms with Crippen molar-refractivity contribution >= 4 is 34.5 Å². The SMILES string of the molecule is COC[C@H](C)NC(=O)c1cn2ncnc(Nc3cc(NC(=O)C4CCCC4)ccc3C)c2c1C. The summed E-state index contributed by atoms with van der Waals surface area (Å²) >= 11 is 0. The van der Waals surface area contributed by atoms with Crippen LogP contribution in [0.1, 0.15) is 54.1 Å². The van der Waals surface area contributed by atoms with Gasteiger partial charge in [0.1, 0.15) is 11.8 Å². The van der Waals surface area contributed by atoms with Gasteiger partial charge in [-0.2, -0.15) is 5.10 Å². The van der Waals surface area contributed by atoms with Crippen LogP contribution in [-0.2, 0) is 9.53 Å². The van der Waals surface area contributed by atoms with Crippen molar-refractivity contribution in [3.05, 3.63) is 47.4 Å². The smallest absolute Gasteiger partial charge is 0.253 e. The predicted molar refractivity (Wildman–Crippen MR) is 132 cm³/mol. The van der Waals surface area contributed by atoms with E-state index in [1.807, 2.05) is 39.0 Å². The topological polar surface area (TPSA) is 110 Å². The van der Waals surface area contributed by atoms with Gasteiger partial charge >= 0.3 is 0 Å². The number of hydrogen-bond donors (Lipinski definition) is 3. The fraction of sp³-hybridized carbons (Fsp3) is 0.440. The van der Waals surface area contributed by atoms with E-state index in [-0.39, 0.29) is 23.8 Å². The summed E-state index contributed by atoms with van der Waals surface area (Å²) in [7, 11) is 1.60. The highest BCUT2D eigenvalue weighted by Crippen LogP contribution is 2.30. The molecule has 1 aliphatic rings. The van der Waals surface area contributed by atoms with Gasteiger partial charge in [-0.05, 0) is 56.9 Å². The molecule has 2 amide bonds. The van der Waals surface area contributed by atoms with Crippen LogP contribution in [0.15, 0.2) is 30.7 Å². The first kappa shape index (κ1) is 23.7. The van der Waals surface area contributed by atoms with Crippen molar-refractivity contribution in [3.8, 4) is 0 Å². The molecule has 0 bridgehead atoms. The number of hydrogen-bond acceptors (Lipinski definition) is 6. The second-order valence-corrected chi connectivity index (χ2v) is 9.02. The van der Waals surface area contributed by atoms with E-state index in [0.717, 1.165) is 48.2 Å². The summed E-state index contributed by atoms with van der Waals surface area (Å²) in [6.07, 6.45) is 7.29. The number of anilines is 3. The van der Waals surface area contributed by atoms with Crippen molar-refractivity contribution in [1.29, 1.82) is 0 Å². The molecule has 9 nitrogen and oxygen atoms in total. The molecular weight excluding hydrogens is 432 g/mol. The molecule has 0 unspecified atom stereocenters. The van der Waals surface area contributed by atoms with Gasteiger partial charge in [0.15, 0.2) is 5.82 Å². The van der Waals surface area contributed by atoms with Gasteiger partial charge in [0, 0.05) is 36.6 Å². The van der Waals surface area contributed by atoms with Crippen molar-refractivity contribution in [2.75, 3.05) is 24.4 Å². The number of fused-ring (bicyclic) bond motifs is 1. The number of carbonyl (C=O) groups excluding carboxylic acids is 2. The number of nitrogens with zero attached hydrogens (tertiary/aromatic N) is 3. The second-order valence-electron chi connectivity index (χ2n) is 9.02. The summed E-state index contributed by atoms with van der Waals surface area (Å²) < 4.78 is 6.76. The van der Waals surface area contributed by atoms with E-state index >= 15 is 0 Å². The van der Waals surface area contributed by atoms with Gasteiger partial charge in [0.25, 0.3) is 5.91 Å². The Bertz CT molecular complexity index is 1200. The molecule has 1 aromatic carbocycles. The molecule has 0 aliphatic heterocycles. The maximum Gasteiger partial charge on any atom is 0.253 e. The Labute approximate surface area is 199 Å². The summed E-state index contributed by atoms with van der Waals surface area (Å²) in [4.78, 5) is 29.8. The Morgan fingerprint density at radius 3 is 2.74 bits per heavy atom. The number of aryl methyl sites for hydroxylation is 2. The lowest BCUT2D eigenvalue weighted by atomic mass is 10.1. The maximum atomic E-state index is 12.8. The molecule has 1 aliphatic carbocycles. The van der Waals surface area contributed by atoms with Gasteiger partial charge in [0.05, 0.1) is 12.2 Å². The Morgan fingerprint density at radius 2 is 2.00 bits per heavy atom. The third kappa shape index (κ3) is 5.04. The van der Waals surface area contributed by atoms with Crippen LogP contribution in [0.5, 0.6) is 0 Å². The molecule has 0 radical (unpaired) electrons. The van der Waals surface area contributed by atoms with Crippen molar-refractivity contribution in [3.63, 3.8) is 0 Å². The van der Waals surface area contributed by atoms with Crippen LogP contribution >= 0.6 is 0 Å².